The molecule has 2 heterocycles. The molecule has 4 rings (SSSR count). The van der Waals surface area contributed by atoms with Crippen LogP contribution < -0.4 is 10.4 Å². The molecule has 2 aromatic carbocycles. The Labute approximate surface area is 143 Å². The highest BCUT2D eigenvalue weighted by Crippen LogP contribution is 2.43. The van der Waals surface area contributed by atoms with Crippen LogP contribution in [0.15, 0.2) is 63.8 Å². The average Bonchev–Trinajstić information content (AvgIpc) is 2.67. The maximum absolute atomic E-state index is 12.7. The minimum absolute atomic E-state index is 0.146. The van der Waals surface area contributed by atoms with Crippen LogP contribution in [0.2, 0.25) is 0 Å². The molecular weight excluding hydrogens is 320 g/mol. The van der Waals surface area contributed by atoms with Gasteiger partial charge in [0.1, 0.15) is 23.9 Å². The van der Waals surface area contributed by atoms with Gasteiger partial charge in [0, 0.05) is 5.92 Å². The predicted molar refractivity (Wildman–Crippen MR) is 91.8 cm³/mol. The molecule has 5 heteroatoms. The largest absolute Gasteiger partial charge is 0.491 e. The average molecular weight is 336 g/mol. The monoisotopic (exact) mass is 336 g/mol. The summed E-state index contributed by atoms with van der Waals surface area (Å²) in [6.07, 6.45) is 0. The number of ether oxygens (including phenoxy) is 2. The summed E-state index contributed by atoms with van der Waals surface area (Å²) in [5.41, 5.74) is 1.20. The third kappa shape index (κ3) is 2.48. The molecule has 1 aromatic heterocycles. The Kier molecular flexibility index (Phi) is 3.76. The van der Waals surface area contributed by atoms with Crippen LogP contribution in [0.25, 0.3) is 11.0 Å². The minimum atomic E-state index is -0.607. The van der Waals surface area contributed by atoms with Gasteiger partial charge in [-0.1, -0.05) is 42.5 Å². The van der Waals surface area contributed by atoms with Crippen molar-refractivity contribution in [1.29, 1.82) is 0 Å². The van der Waals surface area contributed by atoms with Crippen molar-refractivity contribution >= 4 is 16.9 Å². The van der Waals surface area contributed by atoms with E-state index in [-0.39, 0.29) is 6.61 Å². The first kappa shape index (κ1) is 15.4. The lowest BCUT2D eigenvalue weighted by molar-refractivity contribution is -0.147. The number of esters is 1. The molecule has 126 valence electrons. The molecule has 3 aromatic rings. The Morgan fingerprint density at radius 3 is 2.56 bits per heavy atom. The highest BCUT2D eigenvalue weighted by molar-refractivity contribution is 5.86. The van der Waals surface area contributed by atoms with E-state index in [1.807, 2.05) is 42.5 Å². The van der Waals surface area contributed by atoms with Gasteiger partial charge in [-0.25, -0.2) is 4.79 Å². The Balaban J connectivity index is 2.00. The van der Waals surface area contributed by atoms with Gasteiger partial charge < -0.3 is 13.9 Å². The number of carbonyl (C=O) groups is 1. The van der Waals surface area contributed by atoms with E-state index in [9.17, 15) is 9.59 Å². The van der Waals surface area contributed by atoms with Crippen LogP contribution in [-0.4, -0.2) is 19.7 Å². The molecule has 0 radical (unpaired) electrons. The molecule has 1 aliphatic heterocycles. The normalized spacial score (nSPS) is 19.1. The fourth-order valence-corrected chi connectivity index (χ4v) is 3.44. The second kappa shape index (κ2) is 6.09. The van der Waals surface area contributed by atoms with E-state index in [0.29, 0.717) is 16.9 Å². The summed E-state index contributed by atoms with van der Waals surface area (Å²) in [7, 11) is 1.34. The fraction of sp³-hybridized carbons (Fsp3) is 0.200. The first-order valence-electron chi connectivity index (χ1n) is 8.02. The van der Waals surface area contributed by atoms with Crippen LogP contribution >= 0.6 is 0 Å². The summed E-state index contributed by atoms with van der Waals surface area (Å²) < 4.78 is 16.3. The third-order valence-corrected chi connectivity index (χ3v) is 4.58. The van der Waals surface area contributed by atoms with Gasteiger partial charge >= 0.3 is 11.6 Å². The minimum Gasteiger partial charge on any atom is -0.491 e. The summed E-state index contributed by atoms with van der Waals surface area (Å²) >= 11 is 0. The zero-order valence-corrected chi connectivity index (χ0v) is 13.6. The fourth-order valence-electron chi connectivity index (χ4n) is 3.44. The first-order chi connectivity index (χ1) is 12.2. The molecule has 0 spiro atoms. The zero-order valence-electron chi connectivity index (χ0n) is 13.6. The molecule has 0 amide bonds. The van der Waals surface area contributed by atoms with Gasteiger partial charge in [-0.05, 0) is 17.7 Å². The maximum atomic E-state index is 12.7. The highest BCUT2D eigenvalue weighted by atomic mass is 16.5. The number of para-hydroxylation sites is 1. The van der Waals surface area contributed by atoms with E-state index in [4.69, 9.17) is 13.9 Å². The Morgan fingerprint density at radius 1 is 1.08 bits per heavy atom. The summed E-state index contributed by atoms with van der Waals surface area (Å²) in [6.45, 7) is 0.146. The van der Waals surface area contributed by atoms with E-state index < -0.39 is 23.4 Å². The number of benzene rings is 2. The van der Waals surface area contributed by atoms with Crippen molar-refractivity contribution in [3.63, 3.8) is 0 Å². The molecule has 0 N–H and O–H groups in total. The molecule has 0 unspecified atom stereocenters. The number of hydrogen-bond donors (Lipinski definition) is 0. The number of hydrogen-bond acceptors (Lipinski definition) is 5. The molecule has 2 atom stereocenters. The van der Waals surface area contributed by atoms with Gasteiger partial charge in [0.25, 0.3) is 0 Å². The molecular formula is C20H16O5. The van der Waals surface area contributed by atoms with Crippen molar-refractivity contribution in [2.45, 2.75) is 5.92 Å². The summed E-state index contributed by atoms with van der Waals surface area (Å²) in [4.78, 5) is 25.0. The standard InChI is InChI=1S/C20H16O5/c1-23-19(21)14-11-24-18-13-9-5-6-10-15(13)25-20(22)17(18)16(14)12-7-3-2-4-8-12/h2-10,14,16H,11H2,1H3/t14-,16-/m1/s1. The number of methoxy groups -OCH3 is 1. The van der Waals surface area contributed by atoms with E-state index in [0.717, 1.165) is 10.9 Å². The molecule has 5 nitrogen and oxygen atoms in total. The van der Waals surface area contributed by atoms with Crippen LogP contribution in [0.3, 0.4) is 0 Å². The number of fused-ring (bicyclic) bond motifs is 3. The van der Waals surface area contributed by atoms with Gasteiger partial charge in [-0.2, -0.15) is 0 Å². The summed E-state index contributed by atoms with van der Waals surface area (Å²) in [5, 5.41) is 0.723. The quantitative estimate of drug-likeness (QED) is 0.531. The Hall–Kier alpha value is -3.08. The maximum Gasteiger partial charge on any atom is 0.343 e. The predicted octanol–water partition coefficient (Wildman–Crippen LogP) is 3.11. The molecule has 0 saturated heterocycles. The molecule has 0 fully saturated rings. The molecule has 25 heavy (non-hydrogen) atoms. The molecule has 1 aliphatic rings. The van der Waals surface area contributed by atoms with Gasteiger partial charge in [0.05, 0.1) is 18.1 Å². The van der Waals surface area contributed by atoms with E-state index >= 15 is 0 Å². The lowest BCUT2D eigenvalue weighted by Gasteiger charge is -2.31. The second-order valence-corrected chi connectivity index (χ2v) is 5.96. The topological polar surface area (TPSA) is 65.7 Å². The van der Waals surface area contributed by atoms with Crippen LogP contribution in [-0.2, 0) is 9.53 Å². The summed E-state index contributed by atoms with van der Waals surface area (Å²) in [5.74, 6) is -1.00. The van der Waals surface area contributed by atoms with Gasteiger partial charge in [0.2, 0.25) is 0 Å². The van der Waals surface area contributed by atoms with Gasteiger partial charge in [-0.3, -0.25) is 4.79 Å². The molecule has 0 saturated carbocycles. The SMILES string of the molecule is COC(=O)[C@@H]1COc2c(c(=O)oc3ccccc23)[C@@H]1c1ccccc1. The lowest BCUT2D eigenvalue weighted by atomic mass is 9.79. The van der Waals surface area contributed by atoms with Crippen LogP contribution in [0, 0.1) is 5.92 Å². The van der Waals surface area contributed by atoms with Crippen molar-refractivity contribution < 1.29 is 18.7 Å². The van der Waals surface area contributed by atoms with E-state index in [1.165, 1.54) is 7.11 Å². The van der Waals surface area contributed by atoms with Crippen molar-refractivity contribution in [3.8, 4) is 5.75 Å². The van der Waals surface area contributed by atoms with Crippen molar-refractivity contribution in [3.05, 3.63) is 76.1 Å². The van der Waals surface area contributed by atoms with Crippen LogP contribution in [0.1, 0.15) is 17.0 Å². The second-order valence-electron chi connectivity index (χ2n) is 5.96. The van der Waals surface area contributed by atoms with Crippen molar-refractivity contribution in [1.82, 2.24) is 0 Å². The zero-order chi connectivity index (χ0) is 17.4. The van der Waals surface area contributed by atoms with Crippen molar-refractivity contribution in [2.75, 3.05) is 13.7 Å². The molecule has 0 aliphatic carbocycles. The first-order valence-corrected chi connectivity index (χ1v) is 8.02. The Bertz CT molecular complexity index is 990. The number of rotatable bonds is 2. The Morgan fingerprint density at radius 2 is 1.80 bits per heavy atom. The van der Waals surface area contributed by atoms with E-state index in [2.05, 4.69) is 0 Å². The van der Waals surface area contributed by atoms with Gasteiger partial charge in [-0.15, -0.1) is 0 Å². The summed E-state index contributed by atoms with van der Waals surface area (Å²) in [6, 6.07) is 16.7. The van der Waals surface area contributed by atoms with E-state index in [1.54, 1.807) is 12.1 Å². The van der Waals surface area contributed by atoms with Crippen LogP contribution in [0.4, 0.5) is 0 Å². The lowest BCUT2D eigenvalue weighted by Crippen LogP contribution is -2.36. The van der Waals surface area contributed by atoms with Crippen LogP contribution in [0.5, 0.6) is 5.75 Å². The smallest absolute Gasteiger partial charge is 0.343 e. The highest BCUT2D eigenvalue weighted by Gasteiger charge is 2.41. The van der Waals surface area contributed by atoms with Gasteiger partial charge in [0.15, 0.2) is 0 Å². The third-order valence-electron chi connectivity index (χ3n) is 4.58. The molecule has 0 bridgehead atoms. The van der Waals surface area contributed by atoms with Crippen molar-refractivity contribution in [2.24, 2.45) is 5.92 Å². The number of carbonyl (C=O) groups excluding carboxylic acids is 1.